The third kappa shape index (κ3) is 3.96. The Labute approximate surface area is 141 Å². The van der Waals surface area contributed by atoms with Crippen molar-refractivity contribution in [1.29, 1.82) is 0 Å². The molecule has 2 N–H and O–H groups in total. The average molecular weight is 351 g/mol. The zero-order chi connectivity index (χ0) is 17.1. The Morgan fingerprint density at radius 3 is 2.43 bits per heavy atom. The van der Waals surface area contributed by atoms with E-state index in [4.69, 9.17) is 17.3 Å². The third-order valence-corrected chi connectivity index (χ3v) is 4.49. The molecule has 1 aliphatic rings. The van der Waals surface area contributed by atoms with Gasteiger partial charge < -0.3 is 10.2 Å². The minimum absolute atomic E-state index is 0.0435. The van der Waals surface area contributed by atoms with E-state index in [2.05, 4.69) is 0 Å². The van der Waals surface area contributed by atoms with Gasteiger partial charge in [0.1, 0.15) is 10.4 Å². The van der Waals surface area contributed by atoms with Crippen molar-refractivity contribution >= 4 is 52.2 Å². The van der Waals surface area contributed by atoms with Crippen molar-refractivity contribution in [3.63, 3.8) is 0 Å². The minimum atomic E-state index is -1.51. The van der Waals surface area contributed by atoms with Gasteiger partial charge in [0, 0.05) is 0 Å². The number of thioether (sulfide) groups is 1. The number of hydrogen-bond acceptors (Lipinski definition) is 5. The van der Waals surface area contributed by atoms with Crippen molar-refractivity contribution in [3.8, 4) is 0 Å². The van der Waals surface area contributed by atoms with Crippen LogP contribution in [0.25, 0.3) is 6.08 Å². The lowest BCUT2D eigenvalue weighted by molar-refractivity contribution is -0.150. The lowest BCUT2D eigenvalue weighted by Gasteiger charge is -2.21. The Kier molecular flexibility index (Phi) is 5.17. The van der Waals surface area contributed by atoms with Gasteiger partial charge in [0.15, 0.2) is 0 Å². The summed E-state index contributed by atoms with van der Waals surface area (Å²) >= 11 is 6.02. The Balaban J connectivity index is 2.30. The van der Waals surface area contributed by atoms with E-state index in [1.54, 1.807) is 6.08 Å². The quantitative estimate of drug-likeness (QED) is 0.620. The number of carbonyl (C=O) groups is 3. The summed E-state index contributed by atoms with van der Waals surface area (Å²) in [7, 11) is 0. The van der Waals surface area contributed by atoms with Crippen molar-refractivity contribution in [2.24, 2.45) is 0 Å². The van der Waals surface area contributed by atoms with Crippen molar-refractivity contribution < 1.29 is 24.6 Å². The average Bonchev–Trinajstić information content (AvgIpc) is 2.73. The Hall–Kier alpha value is -2.19. The number of thiocarbonyl (C=S) groups is 1. The van der Waals surface area contributed by atoms with Crippen LogP contribution >= 0.6 is 24.0 Å². The predicted octanol–water partition coefficient (Wildman–Crippen LogP) is 2.12. The summed E-state index contributed by atoms with van der Waals surface area (Å²) in [6.45, 7) is 1.94. The maximum Gasteiger partial charge on any atom is 0.327 e. The summed E-state index contributed by atoms with van der Waals surface area (Å²) in [6.07, 6.45) is 0.901. The van der Waals surface area contributed by atoms with Crippen molar-refractivity contribution in [2.75, 3.05) is 0 Å². The molecule has 1 heterocycles. The molecule has 0 radical (unpaired) electrons. The molecule has 1 aromatic carbocycles. The molecule has 1 aromatic rings. The molecule has 1 fully saturated rings. The van der Waals surface area contributed by atoms with Gasteiger partial charge in [0.25, 0.3) is 5.91 Å². The molecule has 1 atom stereocenters. The van der Waals surface area contributed by atoms with Crippen LogP contribution in [0.3, 0.4) is 0 Å². The first-order valence-electron chi connectivity index (χ1n) is 6.58. The molecule has 1 aliphatic heterocycles. The van der Waals surface area contributed by atoms with E-state index in [0.717, 1.165) is 27.8 Å². The van der Waals surface area contributed by atoms with Gasteiger partial charge in [-0.2, -0.15) is 0 Å². The van der Waals surface area contributed by atoms with Gasteiger partial charge in [0.05, 0.1) is 11.3 Å². The second-order valence-electron chi connectivity index (χ2n) is 4.91. The Morgan fingerprint density at radius 2 is 1.91 bits per heavy atom. The summed E-state index contributed by atoms with van der Waals surface area (Å²) in [5.41, 5.74) is 1.85. The van der Waals surface area contributed by atoms with Gasteiger partial charge in [-0.1, -0.05) is 53.8 Å². The monoisotopic (exact) mass is 351 g/mol. The smallest absolute Gasteiger partial charge is 0.327 e. The fraction of sp³-hybridized carbons (Fsp3) is 0.200. The number of nitrogens with zero attached hydrogens (tertiary/aromatic N) is 1. The SMILES string of the molecule is Cc1ccc(/C=C2/SC(=S)N([C@@H](CC(=O)O)C(=O)O)C2=O)cc1. The molecule has 0 aliphatic carbocycles. The second kappa shape index (κ2) is 6.93. The molecule has 8 heteroatoms. The standard InChI is InChI=1S/C15H13NO5S2/c1-8-2-4-9(5-3-8)6-11-13(19)16(15(22)23-11)10(14(20)21)7-12(17)18/h2-6,10H,7H2,1H3,(H,17,18)(H,20,21)/b11-6+/t10-/m0/s1. The summed E-state index contributed by atoms with van der Waals surface area (Å²) < 4.78 is 0.0435. The highest BCUT2D eigenvalue weighted by Gasteiger charge is 2.41. The molecule has 120 valence electrons. The maximum absolute atomic E-state index is 12.4. The number of carboxylic acids is 2. The zero-order valence-corrected chi connectivity index (χ0v) is 13.7. The van der Waals surface area contributed by atoms with Gasteiger partial charge in [-0.3, -0.25) is 14.5 Å². The largest absolute Gasteiger partial charge is 0.481 e. The number of benzene rings is 1. The minimum Gasteiger partial charge on any atom is -0.481 e. The van der Waals surface area contributed by atoms with Crippen LogP contribution in [-0.2, 0) is 14.4 Å². The van der Waals surface area contributed by atoms with E-state index in [9.17, 15) is 19.5 Å². The van der Waals surface area contributed by atoms with Crippen LogP contribution in [-0.4, -0.2) is 43.3 Å². The maximum atomic E-state index is 12.4. The Bertz CT molecular complexity index is 711. The number of hydrogen-bond donors (Lipinski definition) is 2. The van der Waals surface area contributed by atoms with E-state index < -0.39 is 30.3 Å². The molecule has 1 saturated heterocycles. The van der Waals surface area contributed by atoms with E-state index in [0.29, 0.717) is 0 Å². The Morgan fingerprint density at radius 1 is 1.30 bits per heavy atom. The second-order valence-corrected chi connectivity index (χ2v) is 6.59. The van der Waals surface area contributed by atoms with Crippen molar-refractivity contribution in [2.45, 2.75) is 19.4 Å². The lowest BCUT2D eigenvalue weighted by atomic mass is 10.1. The number of amides is 1. The fourth-order valence-corrected chi connectivity index (χ4v) is 3.37. The summed E-state index contributed by atoms with van der Waals surface area (Å²) in [5, 5.41) is 18.0. The first kappa shape index (κ1) is 17.2. The molecule has 0 unspecified atom stereocenters. The highest BCUT2D eigenvalue weighted by molar-refractivity contribution is 8.26. The molecule has 0 bridgehead atoms. The van der Waals surface area contributed by atoms with Crippen LogP contribution in [0.15, 0.2) is 29.2 Å². The van der Waals surface area contributed by atoms with Crippen LogP contribution in [0.5, 0.6) is 0 Å². The fourth-order valence-electron chi connectivity index (χ4n) is 2.02. The normalized spacial score (nSPS) is 17.6. The van der Waals surface area contributed by atoms with Crippen molar-refractivity contribution in [3.05, 3.63) is 40.3 Å². The molecule has 23 heavy (non-hydrogen) atoms. The molecular formula is C15H13NO5S2. The van der Waals surface area contributed by atoms with Crippen LogP contribution in [0.1, 0.15) is 17.5 Å². The zero-order valence-electron chi connectivity index (χ0n) is 12.1. The summed E-state index contributed by atoms with van der Waals surface area (Å²) in [4.78, 5) is 35.6. The number of carbonyl (C=O) groups excluding carboxylic acids is 1. The molecular weight excluding hydrogens is 338 g/mol. The number of aryl methyl sites for hydroxylation is 1. The molecule has 0 saturated carbocycles. The van der Waals surface area contributed by atoms with E-state index in [-0.39, 0.29) is 9.23 Å². The highest BCUT2D eigenvalue weighted by atomic mass is 32.2. The van der Waals surface area contributed by atoms with Gasteiger partial charge in [-0.15, -0.1) is 0 Å². The predicted molar refractivity (Wildman–Crippen MR) is 89.9 cm³/mol. The first-order valence-corrected chi connectivity index (χ1v) is 7.80. The van der Waals surface area contributed by atoms with Crippen LogP contribution in [0.2, 0.25) is 0 Å². The van der Waals surface area contributed by atoms with Crippen molar-refractivity contribution in [1.82, 2.24) is 4.90 Å². The number of aliphatic carboxylic acids is 2. The van der Waals surface area contributed by atoms with Crippen LogP contribution < -0.4 is 0 Å². The molecule has 0 spiro atoms. The van der Waals surface area contributed by atoms with E-state index in [1.807, 2.05) is 31.2 Å². The topological polar surface area (TPSA) is 94.9 Å². The summed E-state index contributed by atoms with van der Waals surface area (Å²) in [6, 6.07) is 5.92. The molecule has 2 rings (SSSR count). The van der Waals surface area contributed by atoms with Gasteiger partial charge >= 0.3 is 11.9 Å². The highest BCUT2D eigenvalue weighted by Crippen LogP contribution is 2.34. The van der Waals surface area contributed by atoms with E-state index >= 15 is 0 Å². The lowest BCUT2D eigenvalue weighted by Crippen LogP contribution is -2.45. The van der Waals surface area contributed by atoms with Crippen LogP contribution in [0.4, 0.5) is 0 Å². The van der Waals surface area contributed by atoms with Gasteiger partial charge in [-0.25, -0.2) is 4.79 Å². The van der Waals surface area contributed by atoms with Gasteiger partial charge in [0.2, 0.25) is 0 Å². The molecule has 1 amide bonds. The first-order chi connectivity index (χ1) is 10.8. The molecule has 0 aromatic heterocycles. The van der Waals surface area contributed by atoms with Crippen LogP contribution in [0, 0.1) is 6.92 Å². The molecule has 6 nitrogen and oxygen atoms in total. The van der Waals surface area contributed by atoms with Gasteiger partial charge in [-0.05, 0) is 18.6 Å². The summed E-state index contributed by atoms with van der Waals surface area (Å²) in [5.74, 6) is -3.30. The number of rotatable bonds is 5. The third-order valence-electron chi connectivity index (χ3n) is 3.16. The number of carboxylic acid groups (broad SMARTS) is 2. The van der Waals surface area contributed by atoms with E-state index in [1.165, 1.54) is 0 Å².